The monoisotopic (exact) mass is 264 g/mol. The normalized spacial score (nSPS) is 10.9. The lowest BCUT2D eigenvalue weighted by Crippen LogP contribution is -2.11. The van der Waals surface area contributed by atoms with Crippen molar-refractivity contribution in [2.45, 2.75) is 19.9 Å². The number of benzene rings is 1. The smallest absolute Gasteiger partial charge is 0.130 e. The number of nitrogens with zero attached hydrogens (tertiary/aromatic N) is 3. The molecule has 3 rings (SSSR count). The minimum atomic E-state index is 0.336. The van der Waals surface area contributed by atoms with Crippen LogP contribution in [0.4, 0.5) is 5.82 Å². The topological polar surface area (TPSA) is 50.7 Å². The number of rotatable bonds is 3. The van der Waals surface area contributed by atoms with E-state index in [2.05, 4.69) is 46.2 Å². The van der Waals surface area contributed by atoms with Gasteiger partial charge in [0.1, 0.15) is 12.1 Å². The number of nitrogens with one attached hydrogen (secondary N) is 1. The molecule has 0 radical (unpaired) electrons. The highest BCUT2D eigenvalue weighted by atomic mass is 15.0. The Hall–Kier alpha value is -2.49. The Morgan fingerprint density at radius 3 is 2.70 bits per heavy atom. The molecule has 0 aliphatic rings. The van der Waals surface area contributed by atoms with Crippen molar-refractivity contribution >= 4 is 16.7 Å². The predicted octanol–water partition coefficient (Wildman–Crippen LogP) is 3.51. The maximum atomic E-state index is 4.47. The number of para-hydroxylation sites is 1. The van der Waals surface area contributed by atoms with E-state index in [-0.39, 0.29) is 0 Å². The Bertz CT molecular complexity index is 732. The minimum absolute atomic E-state index is 0.336. The van der Waals surface area contributed by atoms with Crippen LogP contribution >= 0.6 is 0 Å². The number of aromatic nitrogens is 3. The first-order valence-corrected chi connectivity index (χ1v) is 6.67. The quantitative estimate of drug-likeness (QED) is 0.786. The summed E-state index contributed by atoms with van der Waals surface area (Å²) < 4.78 is 0. The van der Waals surface area contributed by atoms with Crippen LogP contribution in [0.1, 0.15) is 13.8 Å². The second-order valence-electron chi connectivity index (χ2n) is 4.97. The van der Waals surface area contributed by atoms with Gasteiger partial charge in [-0.3, -0.25) is 4.98 Å². The van der Waals surface area contributed by atoms with Crippen molar-refractivity contribution in [3.05, 3.63) is 48.9 Å². The number of anilines is 1. The van der Waals surface area contributed by atoms with Gasteiger partial charge in [0.25, 0.3) is 0 Å². The molecule has 0 amide bonds. The molecule has 1 aromatic carbocycles. The molecule has 2 heterocycles. The summed E-state index contributed by atoms with van der Waals surface area (Å²) in [6, 6.07) is 12.4. The average Bonchev–Trinajstić information content (AvgIpc) is 2.46. The molecule has 0 bridgehead atoms. The standard InChI is InChI=1S/C16H16N4/c1-11(2)20-15-9-14(18-10-19-15)13-7-3-5-12-6-4-8-17-16(12)13/h3-11H,1-2H3,(H,18,19,20). The zero-order chi connectivity index (χ0) is 13.9. The van der Waals surface area contributed by atoms with Crippen LogP contribution in [0.15, 0.2) is 48.9 Å². The predicted molar refractivity (Wildman–Crippen MR) is 81.5 cm³/mol. The first kappa shape index (κ1) is 12.5. The van der Waals surface area contributed by atoms with Crippen LogP contribution in [0.25, 0.3) is 22.2 Å². The molecule has 1 N–H and O–H groups in total. The highest BCUT2D eigenvalue weighted by Crippen LogP contribution is 2.26. The lowest BCUT2D eigenvalue weighted by atomic mass is 10.1. The third kappa shape index (κ3) is 2.45. The van der Waals surface area contributed by atoms with Crippen molar-refractivity contribution in [2.24, 2.45) is 0 Å². The van der Waals surface area contributed by atoms with E-state index in [1.807, 2.05) is 24.3 Å². The maximum absolute atomic E-state index is 4.47. The molecule has 0 aliphatic heterocycles. The third-order valence-corrected chi connectivity index (χ3v) is 3.01. The summed E-state index contributed by atoms with van der Waals surface area (Å²) in [7, 11) is 0. The lowest BCUT2D eigenvalue weighted by molar-refractivity contribution is 0.886. The van der Waals surface area contributed by atoms with Crippen LogP contribution in [0.3, 0.4) is 0 Å². The largest absolute Gasteiger partial charge is 0.368 e. The number of hydrogen-bond acceptors (Lipinski definition) is 4. The van der Waals surface area contributed by atoms with Crippen molar-refractivity contribution in [1.82, 2.24) is 15.0 Å². The summed E-state index contributed by atoms with van der Waals surface area (Å²) in [4.78, 5) is 13.1. The molecule has 4 heteroatoms. The van der Waals surface area contributed by atoms with Crippen molar-refractivity contribution < 1.29 is 0 Å². The average molecular weight is 264 g/mol. The molecule has 4 nitrogen and oxygen atoms in total. The Kier molecular flexibility index (Phi) is 3.29. The maximum Gasteiger partial charge on any atom is 0.130 e. The number of pyridine rings is 1. The van der Waals surface area contributed by atoms with E-state index in [0.717, 1.165) is 28.0 Å². The molecule has 0 spiro atoms. The molecule has 0 fully saturated rings. The first-order chi connectivity index (χ1) is 9.74. The summed E-state index contributed by atoms with van der Waals surface area (Å²) in [5.41, 5.74) is 2.87. The van der Waals surface area contributed by atoms with Gasteiger partial charge in [-0.1, -0.05) is 24.3 Å². The Morgan fingerprint density at radius 2 is 1.85 bits per heavy atom. The SMILES string of the molecule is CC(C)Nc1cc(-c2cccc3cccnc23)ncn1. The van der Waals surface area contributed by atoms with Gasteiger partial charge in [-0.2, -0.15) is 0 Å². The molecule has 0 atom stereocenters. The Balaban J connectivity index is 2.11. The molecule has 2 aromatic heterocycles. The zero-order valence-electron chi connectivity index (χ0n) is 11.5. The van der Waals surface area contributed by atoms with E-state index in [0.29, 0.717) is 6.04 Å². The highest BCUT2D eigenvalue weighted by molar-refractivity contribution is 5.92. The van der Waals surface area contributed by atoms with Crippen LogP contribution in [0.2, 0.25) is 0 Å². The fourth-order valence-corrected chi connectivity index (χ4v) is 2.19. The molecule has 0 aliphatic carbocycles. The van der Waals surface area contributed by atoms with Crippen molar-refractivity contribution in [2.75, 3.05) is 5.32 Å². The zero-order valence-corrected chi connectivity index (χ0v) is 11.5. The van der Waals surface area contributed by atoms with E-state index < -0.39 is 0 Å². The van der Waals surface area contributed by atoms with Crippen LogP contribution in [-0.2, 0) is 0 Å². The van der Waals surface area contributed by atoms with Crippen LogP contribution in [0.5, 0.6) is 0 Å². The second-order valence-corrected chi connectivity index (χ2v) is 4.97. The van der Waals surface area contributed by atoms with Crippen LogP contribution in [0, 0.1) is 0 Å². The van der Waals surface area contributed by atoms with E-state index >= 15 is 0 Å². The summed E-state index contributed by atoms with van der Waals surface area (Å²) in [5, 5.41) is 4.40. The van der Waals surface area contributed by atoms with Gasteiger partial charge in [0.05, 0.1) is 11.2 Å². The lowest BCUT2D eigenvalue weighted by Gasteiger charge is -2.10. The summed E-state index contributed by atoms with van der Waals surface area (Å²) >= 11 is 0. The van der Waals surface area contributed by atoms with E-state index in [1.165, 1.54) is 0 Å². The van der Waals surface area contributed by atoms with Gasteiger partial charge in [0.15, 0.2) is 0 Å². The molecule has 20 heavy (non-hydrogen) atoms. The van der Waals surface area contributed by atoms with Crippen molar-refractivity contribution in [1.29, 1.82) is 0 Å². The van der Waals surface area contributed by atoms with Crippen LogP contribution < -0.4 is 5.32 Å². The molecule has 0 unspecified atom stereocenters. The van der Waals surface area contributed by atoms with Crippen LogP contribution in [-0.4, -0.2) is 21.0 Å². The van der Waals surface area contributed by atoms with Crippen molar-refractivity contribution in [3.8, 4) is 11.3 Å². The molecule has 0 saturated heterocycles. The van der Waals surface area contributed by atoms with E-state index in [4.69, 9.17) is 0 Å². The van der Waals surface area contributed by atoms with Gasteiger partial charge in [-0.15, -0.1) is 0 Å². The van der Waals surface area contributed by atoms with E-state index in [1.54, 1.807) is 12.5 Å². The summed E-state index contributed by atoms with van der Waals surface area (Å²) in [6.07, 6.45) is 3.39. The Morgan fingerprint density at radius 1 is 1.00 bits per heavy atom. The third-order valence-electron chi connectivity index (χ3n) is 3.01. The molecular weight excluding hydrogens is 248 g/mol. The molecular formula is C16H16N4. The highest BCUT2D eigenvalue weighted by Gasteiger charge is 2.07. The Labute approximate surface area is 117 Å². The van der Waals surface area contributed by atoms with Gasteiger partial charge in [-0.05, 0) is 19.9 Å². The summed E-state index contributed by atoms with van der Waals surface area (Å²) in [6.45, 7) is 4.17. The molecule has 100 valence electrons. The molecule has 0 saturated carbocycles. The van der Waals surface area contributed by atoms with Gasteiger partial charge in [-0.25, -0.2) is 9.97 Å². The van der Waals surface area contributed by atoms with Crippen molar-refractivity contribution in [3.63, 3.8) is 0 Å². The fourth-order valence-electron chi connectivity index (χ4n) is 2.19. The number of hydrogen-bond donors (Lipinski definition) is 1. The number of fused-ring (bicyclic) bond motifs is 1. The van der Waals surface area contributed by atoms with Gasteiger partial charge >= 0.3 is 0 Å². The van der Waals surface area contributed by atoms with Gasteiger partial charge in [0, 0.05) is 29.3 Å². The second kappa shape index (κ2) is 5.25. The fraction of sp³-hybridized carbons (Fsp3) is 0.188. The van der Waals surface area contributed by atoms with Gasteiger partial charge in [0.2, 0.25) is 0 Å². The van der Waals surface area contributed by atoms with Gasteiger partial charge < -0.3 is 5.32 Å². The summed E-state index contributed by atoms with van der Waals surface area (Å²) in [5.74, 6) is 0.831. The molecule has 3 aromatic rings. The minimum Gasteiger partial charge on any atom is -0.368 e. The van der Waals surface area contributed by atoms with E-state index in [9.17, 15) is 0 Å². The first-order valence-electron chi connectivity index (χ1n) is 6.67.